The van der Waals surface area contributed by atoms with Gasteiger partial charge in [-0.25, -0.2) is 9.97 Å². The minimum Gasteiger partial charge on any atom is -0.370 e. The number of rotatable bonds is 5. The van der Waals surface area contributed by atoms with Gasteiger partial charge in [-0.2, -0.15) is 0 Å². The summed E-state index contributed by atoms with van der Waals surface area (Å²) >= 11 is 0. The Morgan fingerprint density at radius 3 is 2.57 bits per heavy atom. The molecule has 1 aromatic rings. The molecule has 0 aromatic carbocycles. The normalized spacial score (nSPS) is 22.9. The summed E-state index contributed by atoms with van der Waals surface area (Å²) in [5.74, 6) is 3.12. The van der Waals surface area contributed by atoms with E-state index in [0.29, 0.717) is 17.9 Å². The van der Waals surface area contributed by atoms with Crippen molar-refractivity contribution in [1.29, 1.82) is 0 Å². The summed E-state index contributed by atoms with van der Waals surface area (Å²) in [6.07, 6.45) is 8.30. The lowest BCUT2D eigenvalue weighted by Gasteiger charge is -2.26. The smallest absolute Gasteiger partial charge is 0.135 e. The molecule has 1 saturated carbocycles. The van der Waals surface area contributed by atoms with Crippen LogP contribution in [0.25, 0.3) is 0 Å². The van der Waals surface area contributed by atoms with E-state index in [1.165, 1.54) is 37.7 Å². The number of hydrogen-bond donors (Lipinski definition) is 2. The third-order valence-electron chi connectivity index (χ3n) is 4.49. The molecule has 1 aliphatic carbocycles. The van der Waals surface area contributed by atoms with Gasteiger partial charge in [0.05, 0.1) is 0 Å². The third kappa shape index (κ3) is 4.08. The van der Waals surface area contributed by atoms with Crippen LogP contribution >= 0.6 is 0 Å². The van der Waals surface area contributed by atoms with Crippen LogP contribution in [0.3, 0.4) is 0 Å². The molecule has 0 amide bonds. The molecule has 2 rings (SSSR count). The summed E-state index contributed by atoms with van der Waals surface area (Å²) in [5.41, 5.74) is 1.22. The zero-order valence-corrected chi connectivity index (χ0v) is 13.9. The Bertz CT molecular complexity index is 444. The van der Waals surface area contributed by atoms with E-state index in [-0.39, 0.29) is 0 Å². The van der Waals surface area contributed by atoms with Gasteiger partial charge < -0.3 is 10.6 Å². The average Bonchev–Trinajstić information content (AvgIpc) is 2.64. The van der Waals surface area contributed by atoms with E-state index >= 15 is 0 Å². The molecule has 21 heavy (non-hydrogen) atoms. The number of nitrogens with one attached hydrogen (secondary N) is 2. The first-order valence-electron chi connectivity index (χ1n) is 8.48. The van der Waals surface area contributed by atoms with Crippen LogP contribution in [0, 0.1) is 5.92 Å². The molecular weight excluding hydrogens is 260 g/mol. The van der Waals surface area contributed by atoms with Crippen molar-refractivity contribution >= 4 is 11.6 Å². The Hall–Kier alpha value is -1.32. The molecule has 118 valence electrons. The van der Waals surface area contributed by atoms with Crippen LogP contribution < -0.4 is 10.6 Å². The molecule has 1 fully saturated rings. The predicted octanol–water partition coefficient (Wildman–Crippen LogP) is 4.41. The highest BCUT2D eigenvalue weighted by Gasteiger charge is 2.23. The molecule has 0 spiro atoms. The molecule has 0 radical (unpaired) electrons. The second-order valence-corrected chi connectivity index (χ2v) is 6.54. The summed E-state index contributed by atoms with van der Waals surface area (Å²) in [7, 11) is 0. The first kappa shape index (κ1) is 16.1. The highest BCUT2D eigenvalue weighted by Crippen LogP contribution is 2.31. The van der Waals surface area contributed by atoms with Crippen LogP contribution in [-0.4, -0.2) is 22.6 Å². The largest absolute Gasteiger partial charge is 0.370 e. The molecule has 2 N–H and O–H groups in total. The van der Waals surface area contributed by atoms with Gasteiger partial charge in [0.1, 0.15) is 18.0 Å². The fourth-order valence-electron chi connectivity index (χ4n) is 3.25. The zero-order chi connectivity index (χ0) is 15.2. The van der Waals surface area contributed by atoms with Crippen LogP contribution in [-0.2, 0) is 0 Å². The minimum absolute atomic E-state index is 0.406. The fourth-order valence-corrected chi connectivity index (χ4v) is 3.25. The number of nitrogens with zero attached hydrogens (tertiary/aromatic N) is 2. The lowest BCUT2D eigenvalue weighted by atomic mass is 9.96. The van der Waals surface area contributed by atoms with Crippen molar-refractivity contribution in [2.75, 3.05) is 17.2 Å². The van der Waals surface area contributed by atoms with Crippen molar-refractivity contribution in [3.63, 3.8) is 0 Å². The van der Waals surface area contributed by atoms with Crippen LogP contribution in [0.1, 0.15) is 71.3 Å². The monoisotopic (exact) mass is 290 g/mol. The molecular formula is C17H30N4. The number of hydrogen-bond acceptors (Lipinski definition) is 4. The minimum atomic E-state index is 0.406. The number of aromatic nitrogens is 2. The molecule has 1 heterocycles. The zero-order valence-electron chi connectivity index (χ0n) is 13.9. The van der Waals surface area contributed by atoms with Crippen molar-refractivity contribution in [3.05, 3.63) is 11.9 Å². The van der Waals surface area contributed by atoms with Crippen LogP contribution in [0.4, 0.5) is 11.6 Å². The Kier molecular flexibility index (Phi) is 5.83. The SMILES string of the molecule is CCNc1ncnc(NC2CCCCCC2C)c1C(C)C. The summed E-state index contributed by atoms with van der Waals surface area (Å²) < 4.78 is 0. The van der Waals surface area contributed by atoms with Crippen molar-refractivity contribution in [2.24, 2.45) is 5.92 Å². The molecule has 1 aromatic heterocycles. The molecule has 4 nitrogen and oxygen atoms in total. The van der Waals surface area contributed by atoms with Crippen molar-refractivity contribution in [1.82, 2.24) is 9.97 Å². The standard InChI is InChI=1S/C17H30N4/c1-5-18-16-15(12(2)3)17(20-11-19-16)21-14-10-8-6-7-9-13(14)4/h11-14H,5-10H2,1-4H3,(H2,18,19,20,21). The van der Waals surface area contributed by atoms with Crippen molar-refractivity contribution in [2.45, 2.75) is 71.8 Å². The van der Waals surface area contributed by atoms with Gasteiger partial charge >= 0.3 is 0 Å². The van der Waals surface area contributed by atoms with Gasteiger partial charge in [0.15, 0.2) is 0 Å². The van der Waals surface area contributed by atoms with E-state index in [9.17, 15) is 0 Å². The molecule has 0 bridgehead atoms. The van der Waals surface area contributed by atoms with E-state index in [4.69, 9.17) is 0 Å². The van der Waals surface area contributed by atoms with Gasteiger partial charge in [0.2, 0.25) is 0 Å². The van der Waals surface area contributed by atoms with Gasteiger partial charge in [0, 0.05) is 18.2 Å². The summed E-state index contributed by atoms with van der Waals surface area (Å²) in [4.78, 5) is 8.96. The van der Waals surface area contributed by atoms with E-state index < -0.39 is 0 Å². The van der Waals surface area contributed by atoms with Crippen LogP contribution in [0.15, 0.2) is 6.33 Å². The van der Waals surface area contributed by atoms with Gasteiger partial charge in [-0.05, 0) is 31.6 Å². The quantitative estimate of drug-likeness (QED) is 0.789. The van der Waals surface area contributed by atoms with E-state index in [1.54, 1.807) is 6.33 Å². The summed E-state index contributed by atoms with van der Waals surface area (Å²) in [6, 6.07) is 0.536. The van der Waals surface area contributed by atoms with Crippen molar-refractivity contribution in [3.8, 4) is 0 Å². The van der Waals surface area contributed by atoms with E-state index in [0.717, 1.165) is 18.2 Å². The van der Waals surface area contributed by atoms with Gasteiger partial charge in [-0.15, -0.1) is 0 Å². The predicted molar refractivity (Wildman–Crippen MR) is 89.9 cm³/mol. The second-order valence-electron chi connectivity index (χ2n) is 6.54. The maximum Gasteiger partial charge on any atom is 0.135 e. The fraction of sp³-hybridized carbons (Fsp3) is 0.765. The maximum atomic E-state index is 4.54. The highest BCUT2D eigenvalue weighted by molar-refractivity contribution is 5.59. The topological polar surface area (TPSA) is 49.8 Å². The van der Waals surface area contributed by atoms with Gasteiger partial charge in [0.25, 0.3) is 0 Å². The molecule has 0 saturated heterocycles. The lowest BCUT2D eigenvalue weighted by molar-refractivity contribution is 0.455. The Balaban J connectivity index is 2.23. The van der Waals surface area contributed by atoms with Gasteiger partial charge in [-0.3, -0.25) is 0 Å². The first-order chi connectivity index (χ1) is 10.1. The highest BCUT2D eigenvalue weighted by atomic mass is 15.1. The number of anilines is 2. The van der Waals surface area contributed by atoms with E-state index in [1.807, 2.05) is 0 Å². The average molecular weight is 290 g/mol. The molecule has 0 aliphatic heterocycles. The summed E-state index contributed by atoms with van der Waals surface area (Å²) in [5, 5.41) is 7.10. The van der Waals surface area contributed by atoms with Crippen LogP contribution in [0.5, 0.6) is 0 Å². The molecule has 4 heteroatoms. The van der Waals surface area contributed by atoms with Gasteiger partial charge in [-0.1, -0.05) is 40.0 Å². The van der Waals surface area contributed by atoms with Crippen LogP contribution in [0.2, 0.25) is 0 Å². The first-order valence-corrected chi connectivity index (χ1v) is 8.48. The Labute approximate surface area is 129 Å². The molecule has 2 atom stereocenters. The summed E-state index contributed by atoms with van der Waals surface area (Å²) in [6.45, 7) is 9.77. The Morgan fingerprint density at radius 1 is 1.14 bits per heavy atom. The second kappa shape index (κ2) is 7.62. The lowest BCUT2D eigenvalue weighted by Crippen LogP contribution is -2.27. The Morgan fingerprint density at radius 2 is 1.86 bits per heavy atom. The molecule has 1 aliphatic rings. The molecule has 2 unspecified atom stereocenters. The van der Waals surface area contributed by atoms with Crippen molar-refractivity contribution < 1.29 is 0 Å². The third-order valence-corrected chi connectivity index (χ3v) is 4.49. The maximum absolute atomic E-state index is 4.54. The van der Waals surface area contributed by atoms with E-state index in [2.05, 4.69) is 48.3 Å².